The Morgan fingerprint density at radius 2 is 2.06 bits per heavy atom. The molecule has 1 aliphatic rings. The second-order valence-corrected chi connectivity index (χ2v) is 9.07. The number of rotatable bonds is 6. The van der Waals surface area contributed by atoms with Gasteiger partial charge in [-0.1, -0.05) is 11.6 Å². The maximum Gasteiger partial charge on any atom is 0.337 e. The number of nitrogens with zero attached hydrogens (tertiary/aromatic N) is 2. The zero-order valence-electron chi connectivity index (χ0n) is 17.7. The predicted molar refractivity (Wildman–Crippen MR) is 121 cm³/mol. The van der Waals surface area contributed by atoms with Gasteiger partial charge in [0.05, 0.1) is 41.5 Å². The van der Waals surface area contributed by atoms with Crippen LogP contribution in [-0.2, 0) is 14.3 Å². The number of amides is 2. The van der Waals surface area contributed by atoms with Crippen LogP contribution in [0.5, 0.6) is 0 Å². The zero-order valence-corrected chi connectivity index (χ0v) is 19.2. The highest BCUT2D eigenvalue weighted by Crippen LogP contribution is 2.26. The highest BCUT2D eigenvalue weighted by Gasteiger charge is 2.27. The monoisotopic (exact) mass is 464 g/mol. The van der Waals surface area contributed by atoms with Crippen molar-refractivity contribution in [2.45, 2.75) is 26.7 Å². The Bertz CT molecular complexity index is 974. The largest absolute Gasteiger partial charge is 0.465 e. The quantitative estimate of drug-likeness (QED) is 0.634. The van der Waals surface area contributed by atoms with Crippen molar-refractivity contribution in [3.63, 3.8) is 0 Å². The zero-order chi connectivity index (χ0) is 22.5. The molecule has 3 rings (SSSR count). The lowest BCUT2D eigenvalue weighted by atomic mass is 9.97. The molecule has 1 aromatic heterocycles. The lowest BCUT2D eigenvalue weighted by molar-refractivity contribution is -0.123. The van der Waals surface area contributed by atoms with Gasteiger partial charge in [-0.2, -0.15) is 0 Å². The molecule has 0 aliphatic carbocycles. The summed E-state index contributed by atoms with van der Waals surface area (Å²) in [6.07, 6.45) is 1.51. The third kappa shape index (κ3) is 6.03. The number of anilines is 2. The number of benzene rings is 1. The first-order chi connectivity index (χ1) is 14.8. The van der Waals surface area contributed by atoms with Gasteiger partial charge in [-0.3, -0.25) is 14.5 Å². The molecule has 1 saturated heterocycles. The van der Waals surface area contributed by atoms with Crippen LogP contribution in [0, 0.1) is 19.8 Å². The van der Waals surface area contributed by atoms with E-state index in [-0.39, 0.29) is 24.3 Å². The molecule has 1 aromatic carbocycles. The number of ether oxygens (including phenoxy) is 1. The lowest BCUT2D eigenvalue weighted by Crippen LogP contribution is -2.44. The van der Waals surface area contributed by atoms with E-state index in [1.165, 1.54) is 30.6 Å². The summed E-state index contributed by atoms with van der Waals surface area (Å²) in [5, 5.41) is 6.56. The number of esters is 1. The van der Waals surface area contributed by atoms with Crippen LogP contribution >= 0.6 is 22.9 Å². The molecule has 31 heavy (non-hydrogen) atoms. The third-order valence-corrected chi connectivity index (χ3v) is 6.48. The highest BCUT2D eigenvalue weighted by atomic mass is 35.5. The number of halogens is 1. The molecule has 0 bridgehead atoms. The summed E-state index contributed by atoms with van der Waals surface area (Å²) in [4.78, 5) is 44.3. The van der Waals surface area contributed by atoms with E-state index in [2.05, 4.69) is 15.6 Å². The Balaban J connectivity index is 1.58. The SMILES string of the molecule is COC(=O)c1ccc(Cl)c(NC(=O)C2CCCN(CC(=O)Nc3nc(C)c(C)s3)C2)c1. The van der Waals surface area contributed by atoms with Crippen LogP contribution in [0.15, 0.2) is 18.2 Å². The van der Waals surface area contributed by atoms with Gasteiger partial charge in [0, 0.05) is 11.4 Å². The average molecular weight is 465 g/mol. The first kappa shape index (κ1) is 23.2. The molecule has 2 aromatic rings. The van der Waals surface area contributed by atoms with E-state index >= 15 is 0 Å². The Kier molecular flexibility index (Phi) is 7.64. The van der Waals surface area contributed by atoms with Crippen LogP contribution in [-0.4, -0.2) is 54.4 Å². The van der Waals surface area contributed by atoms with Gasteiger partial charge in [0.1, 0.15) is 0 Å². The van der Waals surface area contributed by atoms with Gasteiger partial charge in [0.25, 0.3) is 0 Å². The maximum absolute atomic E-state index is 12.8. The molecule has 0 radical (unpaired) electrons. The standard InChI is InChI=1S/C21H25ClN4O4S/c1-12-13(2)31-21(23-12)25-18(27)11-26-8-4-5-15(10-26)19(28)24-17-9-14(20(29)30-3)6-7-16(17)22/h6-7,9,15H,4-5,8,10-11H2,1-3H3,(H,24,28)(H,23,25,27). The van der Waals surface area contributed by atoms with Gasteiger partial charge in [0.2, 0.25) is 11.8 Å². The molecule has 10 heteroatoms. The first-order valence-corrected chi connectivity index (χ1v) is 11.1. The summed E-state index contributed by atoms with van der Waals surface area (Å²) in [6.45, 7) is 5.27. The van der Waals surface area contributed by atoms with Crippen molar-refractivity contribution in [3.8, 4) is 0 Å². The topological polar surface area (TPSA) is 101 Å². The number of carbonyl (C=O) groups excluding carboxylic acids is 3. The minimum Gasteiger partial charge on any atom is -0.465 e. The third-order valence-electron chi connectivity index (χ3n) is 5.16. The van der Waals surface area contributed by atoms with Crippen LogP contribution in [0.1, 0.15) is 33.8 Å². The minimum atomic E-state index is -0.507. The molecule has 8 nitrogen and oxygen atoms in total. The Morgan fingerprint density at radius 3 is 2.74 bits per heavy atom. The van der Waals surface area contributed by atoms with Crippen molar-refractivity contribution in [1.29, 1.82) is 0 Å². The van der Waals surface area contributed by atoms with Gasteiger partial charge in [0.15, 0.2) is 5.13 Å². The highest BCUT2D eigenvalue weighted by molar-refractivity contribution is 7.15. The van der Waals surface area contributed by atoms with Crippen LogP contribution < -0.4 is 10.6 Å². The van der Waals surface area contributed by atoms with Gasteiger partial charge >= 0.3 is 5.97 Å². The van der Waals surface area contributed by atoms with Crippen molar-refractivity contribution in [1.82, 2.24) is 9.88 Å². The van der Waals surface area contributed by atoms with Gasteiger partial charge < -0.3 is 15.4 Å². The number of nitrogens with one attached hydrogen (secondary N) is 2. The summed E-state index contributed by atoms with van der Waals surface area (Å²) < 4.78 is 4.71. The fourth-order valence-electron chi connectivity index (χ4n) is 3.40. The smallest absolute Gasteiger partial charge is 0.337 e. The second kappa shape index (κ2) is 10.2. The molecule has 0 spiro atoms. The van der Waals surface area contributed by atoms with Crippen molar-refractivity contribution < 1.29 is 19.1 Å². The molecule has 1 fully saturated rings. The number of likely N-dealkylation sites (tertiary alicyclic amines) is 1. The number of hydrogen-bond donors (Lipinski definition) is 2. The van der Waals surface area contributed by atoms with Crippen molar-refractivity contribution in [2.24, 2.45) is 5.92 Å². The average Bonchev–Trinajstić information content (AvgIpc) is 3.05. The van der Waals surface area contributed by atoms with Gasteiger partial charge in [-0.25, -0.2) is 9.78 Å². The summed E-state index contributed by atoms with van der Waals surface area (Å²) in [7, 11) is 1.29. The Hall–Kier alpha value is -2.49. The second-order valence-electron chi connectivity index (χ2n) is 7.46. The maximum atomic E-state index is 12.8. The molecular weight excluding hydrogens is 440 g/mol. The molecule has 2 amide bonds. The Labute approximate surface area is 189 Å². The number of aromatic nitrogens is 1. The molecule has 1 atom stereocenters. The first-order valence-electron chi connectivity index (χ1n) is 9.91. The summed E-state index contributed by atoms with van der Waals surface area (Å²) in [5.41, 5.74) is 1.57. The predicted octanol–water partition coefficient (Wildman–Crippen LogP) is 3.49. The van der Waals surface area contributed by atoms with Crippen molar-refractivity contribution in [2.75, 3.05) is 37.4 Å². The Morgan fingerprint density at radius 1 is 1.29 bits per heavy atom. The van der Waals surface area contributed by atoms with E-state index in [1.54, 1.807) is 6.07 Å². The summed E-state index contributed by atoms with van der Waals surface area (Å²) >= 11 is 7.63. The van der Waals surface area contributed by atoms with Crippen LogP contribution in [0.4, 0.5) is 10.8 Å². The van der Waals surface area contributed by atoms with E-state index in [9.17, 15) is 14.4 Å². The van der Waals surface area contributed by atoms with Gasteiger partial charge in [-0.15, -0.1) is 11.3 Å². The van der Waals surface area contributed by atoms with Crippen molar-refractivity contribution in [3.05, 3.63) is 39.4 Å². The van der Waals surface area contributed by atoms with Crippen LogP contribution in [0.2, 0.25) is 5.02 Å². The normalized spacial score (nSPS) is 16.6. The number of piperidine rings is 1. The van der Waals surface area contributed by atoms with Crippen LogP contribution in [0.25, 0.3) is 0 Å². The van der Waals surface area contributed by atoms with E-state index in [1.807, 2.05) is 18.7 Å². The minimum absolute atomic E-state index is 0.149. The van der Waals surface area contributed by atoms with Crippen molar-refractivity contribution >= 4 is 51.5 Å². The molecule has 1 aliphatic heterocycles. The number of methoxy groups -OCH3 is 1. The fraction of sp³-hybridized carbons (Fsp3) is 0.429. The summed E-state index contributed by atoms with van der Waals surface area (Å²) in [5.74, 6) is -1.14. The molecule has 0 saturated carbocycles. The molecule has 2 heterocycles. The molecule has 2 N–H and O–H groups in total. The van der Waals surface area contributed by atoms with E-state index in [4.69, 9.17) is 16.3 Å². The summed E-state index contributed by atoms with van der Waals surface area (Å²) in [6, 6.07) is 4.58. The van der Waals surface area contributed by atoms with Crippen LogP contribution in [0.3, 0.4) is 0 Å². The lowest BCUT2D eigenvalue weighted by Gasteiger charge is -2.31. The molecule has 1 unspecified atom stereocenters. The number of aryl methyl sites for hydroxylation is 2. The van der Waals surface area contributed by atoms with E-state index in [0.717, 1.165) is 23.5 Å². The fourth-order valence-corrected chi connectivity index (χ4v) is 4.40. The molecular formula is C21H25ClN4O4S. The number of thiazole rings is 1. The number of hydrogen-bond acceptors (Lipinski definition) is 7. The van der Waals surface area contributed by atoms with Gasteiger partial charge in [-0.05, 0) is 51.4 Å². The number of carbonyl (C=O) groups is 3. The van der Waals surface area contributed by atoms with E-state index < -0.39 is 5.97 Å². The van der Waals surface area contributed by atoms with E-state index in [0.29, 0.717) is 34.4 Å². The molecule has 166 valence electrons.